The number of carboxylic acids is 1. The van der Waals surface area contributed by atoms with Gasteiger partial charge in [-0.25, -0.2) is 9.79 Å². The number of aromatic carboxylic acids is 1. The van der Waals surface area contributed by atoms with Gasteiger partial charge in [0.2, 0.25) is 11.9 Å². The summed E-state index contributed by atoms with van der Waals surface area (Å²) in [5, 5.41) is 20.8. The molecule has 1 spiro atoms. The third-order valence-electron chi connectivity index (χ3n) is 4.56. The summed E-state index contributed by atoms with van der Waals surface area (Å²) in [4.78, 5) is 32.4. The molecule has 2 aliphatic rings. The summed E-state index contributed by atoms with van der Waals surface area (Å²) in [6.45, 7) is 0. The first kappa shape index (κ1) is 18.4. The second-order valence-electron chi connectivity index (χ2n) is 6.20. The highest BCUT2D eigenvalue weighted by molar-refractivity contribution is 14.1. The lowest BCUT2D eigenvalue weighted by molar-refractivity contribution is -0.385. The first-order valence-electron chi connectivity index (χ1n) is 7.96. The van der Waals surface area contributed by atoms with Crippen LogP contribution in [0.5, 0.6) is 0 Å². The highest BCUT2D eigenvalue weighted by Gasteiger charge is 2.44. The van der Waals surface area contributed by atoms with E-state index in [4.69, 9.17) is 11.5 Å². The van der Waals surface area contributed by atoms with Gasteiger partial charge in [-0.2, -0.15) is 4.99 Å². The maximum Gasteiger partial charge on any atom is 0.338 e. The van der Waals surface area contributed by atoms with Crippen LogP contribution in [0.4, 0.5) is 11.4 Å². The number of nitro benzene ring substituents is 1. The monoisotopic (exact) mass is 472 g/mol. The molecule has 5 N–H and O–H groups in total. The summed E-state index contributed by atoms with van der Waals surface area (Å²) in [6, 6.07) is 2.35. The number of anilines is 1. The van der Waals surface area contributed by atoms with Crippen molar-refractivity contribution in [3.63, 3.8) is 0 Å². The molecule has 3 rings (SSSR count). The number of nitrogens with zero attached hydrogens (tertiary/aromatic N) is 4. The van der Waals surface area contributed by atoms with E-state index in [-0.39, 0.29) is 28.9 Å². The minimum Gasteiger partial charge on any atom is -0.478 e. The summed E-state index contributed by atoms with van der Waals surface area (Å²) >= 11 is 1.88. The van der Waals surface area contributed by atoms with Gasteiger partial charge in [-0.1, -0.05) is 6.42 Å². The normalized spacial score (nSPS) is 19.0. The predicted molar refractivity (Wildman–Crippen MR) is 104 cm³/mol. The van der Waals surface area contributed by atoms with Crippen molar-refractivity contribution in [3.05, 3.63) is 31.4 Å². The van der Waals surface area contributed by atoms with Crippen LogP contribution >= 0.6 is 22.6 Å². The van der Waals surface area contributed by atoms with Crippen molar-refractivity contribution in [1.82, 2.24) is 0 Å². The maximum atomic E-state index is 11.8. The Labute approximate surface area is 162 Å². The average molecular weight is 472 g/mol. The van der Waals surface area contributed by atoms with Gasteiger partial charge in [0.15, 0.2) is 0 Å². The molecule has 138 valence electrons. The van der Waals surface area contributed by atoms with Gasteiger partial charge in [-0.15, -0.1) is 0 Å². The molecule has 1 fully saturated rings. The van der Waals surface area contributed by atoms with Crippen LogP contribution in [0.3, 0.4) is 0 Å². The zero-order valence-corrected chi connectivity index (χ0v) is 15.8. The van der Waals surface area contributed by atoms with Crippen molar-refractivity contribution in [1.29, 1.82) is 0 Å². The third-order valence-corrected chi connectivity index (χ3v) is 5.39. The molecule has 0 saturated heterocycles. The van der Waals surface area contributed by atoms with Gasteiger partial charge < -0.3 is 16.6 Å². The zero-order valence-electron chi connectivity index (χ0n) is 13.7. The van der Waals surface area contributed by atoms with Crippen LogP contribution in [0.15, 0.2) is 22.1 Å². The van der Waals surface area contributed by atoms with E-state index >= 15 is 0 Å². The SMILES string of the molecule is NC1=NC2(CCCCC2)N(c2c(I)cc([N+](=O)[O-])cc2C(=O)O)C(N)=N1. The molecule has 1 aliphatic heterocycles. The van der Waals surface area contributed by atoms with Crippen LogP contribution in [0.2, 0.25) is 0 Å². The van der Waals surface area contributed by atoms with Gasteiger partial charge in [0.05, 0.1) is 16.2 Å². The van der Waals surface area contributed by atoms with Gasteiger partial charge >= 0.3 is 5.97 Å². The summed E-state index contributed by atoms with van der Waals surface area (Å²) in [7, 11) is 0. The third kappa shape index (κ3) is 3.06. The van der Waals surface area contributed by atoms with E-state index in [0.29, 0.717) is 16.4 Å². The number of halogens is 1. The molecule has 1 saturated carbocycles. The molecule has 11 heteroatoms. The fourth-order valence-corrected chi connectivity index (χ4v) is 4.38. The van der Waals surface area contributed by atoms with E-state index < -0.39 is 16.6 Å². The van der Waals surface area contributed by atoms with Gasteiger partial charge in [0.1, 0.15) is 5.66 Å². The molecule has 26 heavy (non-hydrogen) atoms. The Hall–Kier alpha value is -2.44. The highest BCUT2D eigenvalue weighted by Crippen LogP contribution is 2.43. The number of guanidine groups is 2. The Kier molecular flexibility index (Phi) is 4.73. The first-order chi connectivity index (χ1) is 12.2. The quantitative estimate of drug-likeness (QED) is 0.345. The Morgan fingerprint density at radius 2 is 1.96 bits per heavy atom. The number of hydrogen-bond acceptors (Lipinski definition) is 8. The number of nitrogens with two attached hydrogens (primary N) is 2. The van der Waals surface area contributed by atoms with Gasteiger partial charge in [0.25, 0.3) is 5.69 Å². The summed E-state index contributed by atoms with van der Waals surface area (Å²) in [5.74, 6) is -1.20. The molecule has 0 bridgehead atoms. The Bertz CT molecular complexity index is 847. The fraction of sp³-hybridized carbons (Fsp3) is 0.400. The average Bonchev–Trinajstić information content (AvgIpc) is 2.55. The number of rotatable bonds is 3. The molecule has 0 amide bonds. The fourth-order valence-electron chi connectivity index (χ4n) is 3.53. The second-order valence-corrected chi connectivity index (χ2v) is 7.37. The predicted octanol–water partition coefficient (Wildman–Crippen LogP) is 2.01. The minimum absolute atomic E-state index is 0.0358. The maximum absolute atomic E-state index is 11.8. The topological polar surface area (TPSA) is 160 Å². The molecular weight excluding hydrogens is 455 g/mol. The van der Waals surface area contributed by atoms with E-state index in [0.717, 1.165) is 25.3 Å². The van der Waals surface area contributed by atoms with Gasteiger partial charge in [0, 0.05) is 15.7 Å². The number of benzene rings is 1. The lowest BCUT2D eigenvalue weighted by Crippen LogP contribution is -2.59. The molecule has 0 atom stereocenters. The van der Waals surface area contributed by atoms with E-state index in [1.807, 2.05) is 22.6 Å². The number of aliphatic imine (C=N–C) groups is 2. The van der Waals surface area contributed by atoms with Gasteiger partial charge in [-0.05, 0) is 48.3 Å². The number of nitro groups is 1. The van der Waals surface area contributed by atoms with E-state index in [9.17, 15) is 20.0 Å². The van der Waals surface area contributed by atoms with Crippen molar-refractivity contribution < 1.29 is 14.8 Å². The smallest absolute Gasteiger partial charge is 0.338 e. The Morgan fingerprint density at radius 3 is 2.54 bits per heavy atom. The lowest BCUT2D eigenvalue weighted by atomic mass is 9.87. The number of carboxylic acid groups (broad SMARTS) is 1. The van der Waals surface area contributed by atoms with Crippen LogP contribution in [-0.4, -0.2) is 33.6 Å². The first-order valence-corrected chi connectivity index (χ1v) is 9.04. The van der Waals surface area contributed by atoms with Crippen LogP contribution in [0.1, 0.15) is 42.5 Å². The number of carbonyl (C=O) groups is 1. The second kappa shape index (κ2) is 6.70. The summed E-state index contributed by atoms with van der Waals surface area (Å²) in [6.07, 6.45) is 4.07. The molecule has 1 aliphatic carbocycles. The standard InChI is InChI=1S/C15H17IN6O4/c16-10-7-8(22(25)26)6-9(12(23)24)11(10)21-14(18)19-13(17)20-15(21)4-2-1-3-5-15/h6-7H,1-5H2,(H,23,24)(H4,17,18,19,20). The molecule has 1 aromatic carbocycles. The number of non-ortho nitro benzene ring substituents is 1. The van der Waals surface area contributed by atoms with Crippen molar-refractivity contribution in [2.75, 3.05) is 4.90 Å². The molecule has 0 unspecified atom stereocenters. The largest absolute Gasteiger partial charge is 0.478 e. The van der Waals surface area contributed by atoms with Crippen LogP contribution in [0.25, 0.3) is 0 Å². The summed E-state index contributed by atoms with van der Waals surface area (Å²) < 4.78 is 0.382. The zero-order chi connectivity index (χ0) is 19.1. The molecule has 0 radical (unpaired) electrons. The molecule has 10 nitrogen and oxygen atoms in total. The van der Waals surface area contributed by atoms with Crippen LogP contribution in [-0.2, 0) is 0 Å². The van der Waals surface area contributed by atoms with Crippen molar-refractivity contribution in [2.24, 2.45) is 21.5 Å². The summed E-state index contributed by atoms with van der Waals surface area (Å²) in [5.41, 5.74) is 10.9. The van der Waals surface area contributed by atoms with Crippen LogP contribution < -0.4 is 16.4 Å². The molecule has 1 aromatic rings. The van der Waals surface area contributed by atoms with Gasteiger partial charge in [-0.3, -0.25) is 15.0 Å². The Morgan fingerprint density at radius 1 is 1.31 bits per heavy atom. The minimum atomic E-state index is -1.29. The lowest BCUT2D eigenvalue weighted by Gasteiger charge is -2.46. The molecule has 1 heterocycles. The van der Waals surface area contributed by atoms with Crippen LogP contribution in [0, 0.1) is 13.7 Å². The number of hydrogen-bond donors (Lipinski definition) is 3. The van der Waals surface area contributed by atoms with Crippen molar-refractivity contribution in [3.8, 4) is 0 Å². The Balaban J connectivity index is 2.24. The molecular formula is C15H17IN6O4. The van der Waals surface area contributed by atoms with Crippen molar-refractivity contribution >= 4 is 51.9 Å². The van der Waals surface area contributed by atoms with E-state index in [1.54, 1.807) is 4.90 Å². The van der Waals surface area contributed by atoms with E-state index in [1.165, 1.54) is 6.07 Å². The van der Waals surface area contributed by atoms with Crippen molar-refractivity contribution in [2.45, 2.75) is 37.8 Å². The molecule has 0 aromatic heterocycles. The van der Waals surface area contributed by atoms with E-state index in [2.05, 4.69) is 9.98 Å². The highest BCUT2D eigenvalue weighted by atomic mass is 127.